The van der Waals surface area contributed by atoms with Crippen LogP contribution in [-0.2, 0) is 11.0 Å². The molecule has 0 radical (unpaired) electrons. The van der Waals surface area contributed by atoms with E-state index in [-0.39, 0.29) is 17.1 Å². The number of allylic oxidation sites excluding steroid dienone is 2. The zero-order valence-corrected chi connectivity index (χ0v) is 14.3. The van der Waals surface area contributed by atoms with Gasteiger partial charge in [-0.1, -0.05) is 19.1 Å². The number of alkyl halides is 3. The van der Waals surface area contributed by atoms with Gasteiger partial charge >= 0.3 is 6.18 Å². The fourth-order valence-corrected chi connectivity index (χ4v) is 4.26. The standard InChI is InChI=1S/C18H20F3NOS/c1-12-8-9-22(17(23)10-13-4-2-3-5-13)15-11-14(18(19,20)21)6-7-16(15)24-12/h2,4,6-7,11-13H,3,5,8-10H2,1H3/t12-,13-/m0/s1. The molecule has 0 bridgehead atoms. The van der Waals surface area contributed by atoms with Gasteiger partial charge in [0.15, 0.2) is 0 Å². The van der Waals surface area contributed by atoms with Gasteiger partial charge in [0.1, 0.15) is 0 Å². The van der Waals surface area contributed by atoms with E-state index in [2.05, 4.69) is 6.08 Å². The largest absolute Gasteiger partial charge is 0.416 e. The third kappa shape index (κ3) is 3.79. The summed E-state index contributed by atoms with van der Waals surface area (Å²) < 4.78 is 39.2. The van der Waals surface area contributed by atoms with Crippen LogP contribution >= 0.6 is 11.8 Å². The van der Waals surface area contributed by atoms with E-state index in [4.69, 9.17) is 0 Å². The summed E-state index contributed by atoms with van der Waals surface area (Å²) in [7, 11) is 0. The van der Waals surface area contributed by atoms with Crippen LogP contribution < -0.4 is 4.90 Å². The first kappa shape index (κ1) is 17.4. The summed E-state index contributed by atoms with van der Waals surface area (Å²) in [6.07, 6.45) is 2.76. The van der Waals surface area contributed by atoms with Crippen LogP contribution in [0, 0.1) is 5.92 Å². The number of thioether (sulfide) groups is 1. The number of nitrogens with zero attached hydrogens (tertiary/aromatic N) is 1. The van der Waals surface area contributed by atoms with Crippen LogP contribution in [0.5, 0.6) is 0 Å². The highest BCUT2D eigenvalue weighted by Crippen LogP contribution is 2.41. The van der Waals surface area contributed by atoms with Crippen LogP contribution in [0.1, 0.15) is 38.2 Å². The molecule has 24 heavy (non-hydrogen) atoms. The quantitative estimate of drug-likeness (QED) is 0.673. The SMILES string of the molecule is C[C@H]1CCN(C(=O)C[C@H]2C=CCC2)c2cc(C(F)(F)F)ccc2S1. The van der Waals surface area contributed by atoms with Crippen molar-refractivity contribution in [2.75, 3.05) is 11.4 Å². The molecule has 1 aromatic rings. The van der Waals surface area contributed by atoms with E-state index in [0.29, 0.717) is 18.7 Å². The number of amides is 1. The molecule has 130 valence electrons. The Morgan fingerprint density at radius 2 is 2.12 bits per heavy atom. The molecule has 1 amide bonds. The number of hydrogen-bond donors (Lipinski definition) is 0. The highest BCUT2D eigenvalue weighted by molar-refractivity contribution is 8.00. The molecule has 1 aliphatic heterocycles. The Hall–Kier alpha value is -1.43. The summed E-state index contributed by atoms with van der Waals surface area (Å²) in [6.45, 7) is 2.51. The van der Waals surface area contributed by atoms with Crippen LogP contribution in [-0.4, -0.2) is 17.7 Å². The molecule has 2 aliphatic rings. The lowest BCUT2D eigenvalue weighted by Crippen LogP contribution is -2.33. The second-order valence-electron chi connectivity index (χ2n) is 6.41. The molecule has 1 heterocycles. The van der Waals surface area contributed by atoms with Gasteiger partial charge in [-0.05, 0) is 43.4 Å². The number of anilines is 1. The molecule has 0 saturated carbocycles. The van der Waals surface area contributed by atoms with Crippen LogP contribution in [0.25, 0.3) is 0 Å². The van der Waals surface area contributed by atoms with Crippen LogP contribution in [0.2, 0.25) is 0 Å². The molecule has 2 nitrogen and oxygen atoms in total. The predicted molar refractivity (Wildman–Crippen MR) is 90.2 cm³/mol. The van der Waals surface area contributed by atoms with Gasteiger partial charge in [0, 0.05) is 23.1 Å². The fourth-order valence-electron chi connectivity index (χ4n) is 3.17. The molecule has 0 saturated heterocycles. The summed E-state index contributed by atoms with van der Waals surface area (Å²) in [5.41, 5.74) is -0.291. The van der Waals surface area contributed by atoms with E-state index in [9.17, 15) is 18.0 Å². The average Bonchev–Trinajstić information content (AvgIpc) is 2.94. The molecule has 6 heteroatoms. The number of carbonyl (C=O) groups excluding carboxylic acids is 1. The maximum absolute atomic E-state index is 13.1. The van der Waals surface area contributed by atoms with E-state index in [1.807, 2.05) is 13.0 Å². The van der Waals surface area contributed by atoms with E-state index in [0.717, 1.165) is 36.3 Å². The van der Waals surface area contributed by atoms with Crippen molar-refractivity contribution in [2.45, 2.75) is 48.9 Å². The summed E-state index contributed by atoms with van der Waals surface area (Å²) in [6, 6.07) is 3.73. The molecular weight excluding hydrogens is 335 g/mol. The van der Waals surface area contributed by atoms with Gasteiger partial charge in [0.05, 0.1) is 11.3 Å². The molecule has 0 aromatic heterocycles. The van der Waals surface area contributed by atoms with E-state index in [1.165, 1.54) is 6.07 Å². The Bertz CT molecular complexity index is 656. The van der Waals surface area contributed by atoms with E-state index < -0.39 is 11.7 Å². The Labute approximate surface area is 144 Å². The maximum Gasteiger partial charge on any atom is 0.416 e. The van der Waals surface area contributed by atoms with Crippen molar-refractivity contribution in [1.82, 2.24) is 0 Å². The predicted octanol–water partition coefficient (Wildman–Crippen LogP) is 5.28. The summed E-state index contributed by atoms with van der Waals surface area (Å²) >= 11 is 1.54. The van der Waals surface area contributed by atoms with Crippen molar-refractivity contribution in [3.8, 4) is 0 Å². The monoisotopic (exact) mass is 355 g/mol. The fraction of sp³-hybridized carbons (Fsp3) is 0.500. The molecule has 1 aromatic carbocycles. The molecule has 0 spiro atoms. The van der Waals surface area contributed by atoms with Crippen LogP contribution in [0.15, 0.2) is 35.2 Å². The van der Waals surface area contributed by atoms with Crippen molar-refractivity contribution < 1.29 is 18.0 Å². The summed E-state index contributed by atoms with van der Waals surface area (Å²) in [5.74, 6) is 0.127. The second-order valence-corrected chi connectivity index (χ2v) is 7.89. The molecule has 2 atom stereocenters. The van der Waals surface area contributed by atoms with Crippen molar-refractivity contribution >= 4 is 23.4 Å². The lowest BCUT2D eigenvalue weighted by atomic mass is 10.0. The zero-order chi connectivity index (χ0) is 17.3. The molecular formula is C18H20F3NOS. The van der Waals surface area contributed by atoms with Gasteiger partial charge in [-0.3, -0.25) is 4.79 Å². The second kappa shape index (κ2) is 6.82. The van der Waals surface area contributed by atoms with Crippen molar-refractivity contribution in [3.63, 3.8) is 0 Å². The Kier molecular flexibility index (Phi) is 4.95. The van der Waals surface area contributed by atoms with Crippen molar-refractivity contribution in [2.24, 2.45) is 5.92 Å². The number of benzene rings is 1. The smallest absolute Gasteiger partial charge is 0.311 e. The first-order valence-corrected chi connectivity index (χ1v) is 9.07. The van der Waals surface area contributed by atoms with Crippen molar-refractivity contribution in [1.29, 1.82) is 0 Å². The summed E-state index contributed by atoms with van der Waals surface area (Å²) in [4.78, 5) is 15.1. The summed E-state index contributed by atoms with van der Waals surface area (Å²) in [5, 5.41) is 0.268. The van der Waals surface area contributed by atoms with E-state index >= 15 is 0 Å². The maximum atomic E-state index is 13.1. The Morgan fingerprint density at radius 1 is 1.33 bits per heavy atom. The number of carbonyl (C=O) groups is 1. The zero-order valence-electron chi connectivity index (χ0n) is 13.5. The average molecular weight is 355 g/mol. The topological polar surface area (TPSA) is 20.3 Å². The molecule has 0 N–H and O–H groups in total. The van der Waals surface area contributed by atoms with Gasteiger partial charge in [-0.2, -0.15) is 13.2 Å². The Morgan fingerprint density at radius 3 is 2.79 bits per heavy atom. The first-order chi connectivity index (χ1) is 11.3. The van der Waals surface area contributed by atoms with Crippen LogP contribution in [0.3, 0.4) is 0 Å². The van der Waals surface area contributed by atoms with Gasteiger partial charge in [-0.25, -0.2) is 0 Å². The number of halogens is 3. The lowest BCUT2D eigenvalue weighted by molar-refractivity contribution is -0.137. The minimum Gasteiger partial charge on any atom is -0.311 e. The van der Waals surface area contributed by atoms with Gasteiger partial charge < -0.3 is 4.90 Å². The highest BCUT2D eigenvalue weighted by Gasteiger charge is 2.33. The van der Waals surface area contributed by atoms with Gasteiger partial charge in [0.2, 0.25) is 5.91 Å². The minimum absolute atomic E-state index is 0.0816. The minimum atomic E-state index is -4.40. The molecule has 3 rings (SSSR count). The number of hydrogen-bond acceptors (Lipinski definition) is 2. The number of rotatable bonds is 2. The third-order valence-corrected chi connectivity index (χ3v) is 5.75. The van der Waals surface area contributed by atoms with Crippen molar-refractivity contribution in [3.05, 3.63) is 35.9 Å². The van der Waals surface area contributed by atoms with Gasteiger partial charge in [-0.15, -0.1) is 11.8 Å². The third-order valence-electron chi connectivity index (χ3n) is 4.51. The molecule has 1 aliphatic carbocycles. The van der Waals surface area contributed by atoms with E-state index in [1.54, 1.807) is 16.7 Å². The normalized spacial score (nSPS) is 23.9. The molecule has 0 unspecified atom stereocenters. The van der Waals surface area contributed by atoms with Gasteiger partial charge in [0.25, 0.3) is 0 Å². The molecule has 0 fully saturated rings. The van der Waals surface area contributed by atoms with Crippen LogP contribution in [0.4, 0.5) is 18.9 Å². The number of fused-ring (bicyclic) bond motifs is 1. The highest BCUT2D eigenvalue weighted by atomic mass is 32.2. The lowest BCUT2D eigenvalue weighted by Gasteiger charge is -2.24. The first-order valence-electron chi connectivity index (χ1n) is 8.19. The Balaban J connectivity index is 1.92.